The van der Waals surface area contributed by atoms with Gasteiger partial charge in [-0.15, -0.1) is 11.3 Å². The first kappa shape index (κ1) is 31.2. The van der Waals surface area contributed by atoms with Gasteiger partial charge in [0.05, 0.1) is 48.8 Å². The molecule has 5 nitrogen and oxygen atoms in total. The van der Waals surface area contributed by atoms with Crippen LogP contribution in [0, 0.1) is 0 Å². The van der Waals surface area contributed by atoms with Gasteiger partial charge in [-0.3, -0.25) is 9.13 Å². The Morgan fingerprint density at radius 1 is 0.367 bits per heavy atom. The molecule has 15 rings (SSSR count). The van der Waals surface area contributed by atoms with Gasteiger partial charge in [0, 0.05) is 53.2 Å². The van der Waals surface area contributed by atoms with E-state index in [9.17, 15) is 0 Å². The minimum Gasteiger partial charge on any atom is -0.308 e. The lowest BCUT2D eigenvalue weighted by molar-refractivity contribution is 0.977. The quantitative estimate of drug-likeness (QED) is 0.175. The monoisotopic (exact) mass is 779 g/mol. The van der Waals surface area contributed by atoms with Crippen LogP contribution in [0.1, 0.15) is 0 Å². The van der Waals surface area contributed by atoms with E-state index in [1.165, 1.54) is 91.4 Å². The summed E-state index contributed by atoms with van der Waals surface area (Å²) >= 11 is 1.78. The number of para-hydroxylation sites is 3. The molecule has 0 aliphatic heterocycles. The number of rotatable bonds is 2. The van der Waals surface area contributed by atoms with Crippen molar-refractivity contribution in [3.8, 4) is 11.8 Å². The van der Waals surface area contributed by atoms with Crippen LogP contribution in [0.3, 0.4) is 0 Å². The van der Waals surface area contributed by atoms with Crippen molar-refractivity contribution in [2.75, 3.05) is 0 Å². The van der Waals surface area contributed by atoms with E-state index in [0.29, 0.717) is 5.95 Å². The lowest BCUT2D eigenvalue weighted by Gasteiger charge is -2.13. The van der Waals surface area contributed by atoms with Gasteiger partial charge in [-0.2, -0.15) is 4.98 Å². The second kappa shape index (κ2) is 11.0. The van der Waals surface area contributed by atoms with Gasteiger partial charge in [0.15, 0.2) is 5.82 Å². The molecule has 0 radical (unpaired) electrons. The number of fused-ring (bicyclic) bond motifs is 19. The molecule has 0 saturated heterocycles. The molecule has 0 unspecified atom stereocenters. The van der Waals surface area contributed by atoms with Gasteiger partial charge < -0.3 is 4.40 Å². The molecule has 0 atom stereocenters. The van der Waals surface area contributed by atoms with Crippen molar-refractivity contribution in [3.63, 3.8) is 0 Å². The van der Waals surface area contributed by atoms with Gasteiger partial charge >= 0.3 is 0 Å². The molecule has 9 aromatic carbocycles. The summed E-state index contributed by atoms with van der Waals surface area (Å²) in [6.07, 6.45) is 0. The maximum Gasteiger partial charge on any atom is 0.237 e. The minimum atomic E-state index is 0.658. The number of hydrogen-bond donors (Lipinski definition) is 0. The summed E-state index contributed by atoms with van der Waals surface area (Å²) in [6, 6.07) is 64.3. The van der Waals surface area contributed by atoms with Crippen molar-refractivity contribution in [2.45, 2.75) is 0 Å². The highest BCUT2D eigenvalue weighted by Crippen LogP contribution is 2.48. The smallest absolute Gasteiger partial charge is 0.237 e. The highest BCUT2D eigenvalue weighted by molar-refractivity contribution is 7.26. The number of hydrogen-bond acceptors (Lipinski definition) is 3. The summed E-state index contributed by atoms with van der Waals surface area (Å²) in [5.41, 5.74) is 9.11. The Balaban J connectivity index is 1.19. The molecule has 6 heteroatoms. The van der Waals surface area contributed by atoms with Crippen molar-refractivity contribution in [1.82, 2.24) is 23.5 Å². The zero-order valence-corrected chi connectivity index (χ0v) is 32.7. The second-order valence-electron chi connectivity index (χ2n) is 16.1. The molecule has 6 heterocycles. The third kappa shape index (κ3) is 3.78. The topological polar surface area (TPSA) is 40.0 Å². The molecule has 6 aromatic heterocycles. The van der Waals surface area contributed by atoms with Crippen LogP contribution in [0.5, 0.6) is 0 Å². The van der Waals surface area contributed by atoms with E-state index in [2.05, 4.69) is 189 Å². The van der Waals surface area contributed by atoms with Crippen LogP contribution in [-0.4, -0.2) is 23.5 Å². The third-order valence-corrected chi connectivity index (χ3v) is 14.3. The molecular weight excluding hydrogens is 751 g/mol. The van der Waals surface area contributed by atoms with E-state index >= 15 is 0 Å². The average Bonchev–Trinajstić information content (AvgIpc) is 4.10. The van der Waals surface area contributed by atoms with Crippen molar-refractivity contribution < 1.29 is 0 Å². The van der Waals surface area contributed by atoms with Crippen molar-refractivity contribution in [1.29, 1.82) is 0 Å². The molecule has 0 spiro atoms. The molecule has 0 amide bonds. The van der Waals surface area contributed by atoms with E-state index in [1.54, 1.807) is 11.3 Å². The first-order valence-electron chi connectivity index (χ1n) is 20.4. The number of nitrogens with zero attached hydrogens (tertiary/aromatic N) is 5. The van der Waals surface area contributed by atoms with Crippen molar-refractivity contribution in [2.24, 2.45) is 0 Å². The Kier molecular flexibility index (Phi) is 5.74. The highest BCUT2D eigenvalue weighted by Gasteiger charge is 2.28. The largest absolute Gasteiger partial charge is 0.308 e. The van der Waals surface area contributed by atoms with Crippen LogP contribution in [0.25, 0.3) is 135 Å². The van der Waals surface area contributed by atoms with Gasteiger partial charge in [-0.25, -0.2) is 4.98 Å². The SMILES string of the molecule is c1ccc2cc3c(cc2c1)c1cc2c4ccccc4n4c5ccccc5c(c1n3-c1nc(-n3c5ccccc5c5c6ccccc6ccc53)nc3c1sc1ccccc13)c24. The molecular formula is C54H29N5S. The molecule has 276 valence electrons. The van der Waals surface area contributed by atoms with Gasteiger partial charge in [0.25, 0.3) is 0 Å². The highest BCUT2D eigenvalue weighted by atomic mass is 32.1. The summed E-state index contributed by atoms with van der Waals surface area (Å²) in [4.78, 5) is 11.4. The van der Waals surface area contributed by atoms with Crippen LogP contribution in [-0.2, 0) is 0 Å². The molecule has 0 aliphatic carbocycles. The van der Waals surface area contributed by atoms with E-state index < -0.39 is 0 Å². The van der Waals surface area contributed by atoms with Gasteiger partial charge in [-0.1, -0.05) is 127 Å². The second-order valence-corrected chi connectivity index (χ2v) is 17.2. The predicted octanol–water partition coefficient (Wildman–Crippen LogP) is 14.5. The fraction of sp³-hybridized carbons (Fsp3) is 0. The molecule has 0 aliphatic rings. The molecule has 15 aromatic rings. The van der Waals surface area contributed by atoms with Crippen LogP contribution in [0.4, 0.5) is 0 Å². The van der Waals surface area contributed by atoms with Gasteiger partial charge in [0.1, 0.15) is 0 Å². The number of benzene rings is 9. The Labute approximate surface area is 344 Å². The van der Waals surface area contributed by atoms with E-state index in [1.807, 2.05) is 0 Å². The Morgan fingerprint density at radius 2 is 0.983 bits per heavy atom. The predicted molar refractivity (Wildman–Crippen MR) is 253 cm³/mol. The molecule has 0 fully saturated rings. The zero-order valence-electron chi connectivity index (χ0n) is 31.9. The minimum absolute atomic E-state index is 0.658. The first-order chi connectivity index (χ1) is 29.8. The summed E-state index contributed by atoms with van der Waals surface area (Å²) in [7, 11) is 0. The number of aromatic nitrogens is 5. The fourth-order valence-electron chi connectivity index (χ4n) is 10.7. The van der Waals surface area contributed by atoms with Crippen LogP contribution in [0.2, 0.25) is 0 Å². The lowest BCUT2D eigenvalue weighted by Crippen LogP contribution is -2.06. The maximum absolute atomic E-state index is 5.83. The summed E-state index contributed by atoms with van der Waals surface area (Å²) in [5, 5.41) is 15.8. The van der Waals surface area contributed by atoms with E-state index in [-0.39, 0.29) is 0 Å². The normalized spacial score (nSPS) is 12.7. The van der Waals surface area contributed by atoms with Gasteiger partial charge in [0.2, 0.25) is 5.95 Å². The molecule has 60 heavy (non-hydrogen) atoms. The molecule has 0 bridgehead atoms. The fourth-order valence-corrected chi connectivity index (χ4v) is 11.8. The average molecular weight is 780 g/mol. The van der Waals surface area contributed by atoms with Crippen molar-refractivity contribution in [3.05, 3.63) is 176 Å². The van der Waals surface area contributed by atoms with Crippen LogP contribution < -0.4 is 0 Å². The first-order valence-corrected chi connectivity index (χ1v) is 21.2. The lowest BCUT2D eigenvalue weighted by atomic mass is 10.0. The summed E-state index contributed by atoms with van der Waals surface area (Å²) < 4.78 is 9.52. The third-order valence-electron chi connectivity index (χ3n) is 13.1. The Hall–Kier alpha value is -7.80. The van der Waals surface area contributed by atoms with Gasteiger partial charge in [-0.05, 0) is 70.1 Å². The van der Waals surface area contributed by atoms with E-state index in [0.717, 1.165) is 38.0 Å². The Morgan fingerprint density at radius 3 is 1.80 bits per heavy atom. The molecule has 0 saturated carbocycles. The molecule has 0 N–H and O–H groups in total. The number of thiophene rings is 1. The standard InChI is InChI=1S/C54H29N5S/c1-2-15-32-28-45-38(27-31(32)14-1)40-29-39-34-17-5-9-21-41(34)57-42-22-10-7-19-36(42)48(50(39)57)51(40)59(45)53-52-49(37-20-8-12-24-46(37)60-52)55-54(56-53)58-43-23-11-6-18-35(43)47-33-16-4-3-13-30(33)25-26-44(47)58/h1-29H. The Bertz CT molecular complexity index is 4370. The zero-order chi connectivity index (χ0) is 38.8. The van der Waals surface area contributed by atoms with Crippen LogP contribution in [0.15, 0.2) is 176 Å². The maximum atomic E-state index is 5.83. The summed E-state index contributed by atoms with van der Waals surface area (Å²) in [6.45, 7) is 0. The van der Waals surface area contributed by atoms with Crippen molar-refractivity contribution >= 4 is 135 Å². The van der Waals surface area contributed by atoms with Crippen LogP contribution >= 0.6 is 11.3 Å². The summed E-state index contributed by atoms with van der Waals surface area (Å²) in [5.74, 6) is 1.55. The van der Waals surface area contributed by atoms with E-state index in [4.69, 9.17) is 9.97 Å².